The molecule has 1 aromatic carbocycles. The molecular formula is C14H16N2O3. The van der Waals surface area contributed by atoms with Crippen LogP contribution in [0.4, 0.5) is 5.69 Å². The zero-order chi connectivity index (χ0) is 13.8. The molecule has 100 valence electrons. The van der Waals surface area contributed by atoms with Crippen molar-refractivity contribution in [1.29, 1.82) is 0 Å². The van der Waals surface area contributed by atoms with E-state index >= 15 is 0 Å². The van der Waals surface area contributed by atoms with Crippen LogP contribution in [-0.4, -0.2) is 25.1 Å². The summed E-state index contributed by atoms with van der Waals surface area (Å²) in [6.07, 6.45) is 1.73. The normalized spacial score (nSPS) is 10.1. The number of rotatable bonds is 4. The average molecular weight is 260 g/mol. The van der Waals surface area contributed by atoms with Gasteiger partial charge in [-0.2, -0.15) is 0 Å². The van der Waals surface area contributed by atoms with E-state index in [0.29, 0.717) is 22.7 Å². The molecule has 0 radical (unpaired) electrons. The van der Waals surface area contributed by atoms with Crippen LogP contribution < -0.4 is 14.8 Å². The molecule has 0 bridgehead atoms. The Morgan fingerprint density at radius 2 is 2.00 bits per heavy atom. The highest BCUT2D eigenvalue weighted by Gasteiger charge is 2.13. The van der Waals surface area contributed by atoms with Gasteiger partial charge in [0, 0.05) is 18.0 Å². The van der Waals surface area contributed by atoms with Gasteiger partial charge in [-0.15, -0.1) is 0 Å². The summed E-state index contributed by atoms with van der Waals surface area (Å²) in [5.41, 5.74) is 2.00. The van der Waals surface area contributed by atoms with Crippen molar-refractivity contribution in [2.45, 2.75) is 6.92 Å². The largest absolute Gasteiger partial charge is 0.497 e. The quantitative estimate of drug-likeness (QED) is 0.888. The summed E-state index contributed by atoms with van der Waals surface area (Å²) in [4.78, 5) is 15.1. The minimum absolute atomic E-state index is 0.190. The van der Waals surface area contributed by atoms with Crippen LogP contribution >= 0.6 is 0 Å². The first-order valence-electron chi connectivity index (χ1n) is 5.83. The molecule has 19 heavy (non-hydrogen) atoms. The number of hydrogen-bond donors (Lipinski definition) is 2. The predicted octanol–water partition coefficient (Wildman–Crippen LogP) is 2.59. The third-order valence-electron chi connectivity index (χ3n) is 2.85. The number of benzene rings is 1. The average Bonchev–Trinajstić information content (AvgIpc) is 2.85. The molecule has 0 aliphatic carbocycles. The lowest BCUT2D eigenvalue weighted by Crippen LogP contribution is -2.13. The van der Waals surface area contributed by atoms with Crippen molar-refractivity contribution in [3.63, 3.8) is 0 Å². The van der Waals surface area contributed by atoms with Crippen LogP contribution in [0.25, 0.3) is 0 Å². The summed E-state index contributed by atoms with van der Waals surface area (Å²) in [5.74, 6) is 1.05. The van der Waals surface area contributed by atoms with Crippen molar-refractivity contribution in [3.05, 3.63) is 41.7 Å². The van der Waals surface area contributed by atoms with E-state index in [1.54, 1.807) is 44.7 Å². The van der Waals surface area contributed by atoms with Crippen molar-refractivity contribution in [2.24, 2.45) is 0 Å². The number of hydrogen-bond acceptors (Lipinski definition) is 3. The molecule has 0 aliphatic rings. The first-order chi connectivity index (χ1) is 9.15. The van der Waals surface area contributed by atoms with Gasteiger partial charge in [0.1, 0.15) is 11.5 Å². The Morgan fingerprint density at radius 1 is 1.21 bits per heavy atom. The van der Waals surface area contributed by atoms with Gasteiger partial charge in [0.05, 0.1) is 25.5 Å². The number of aromatic amines is 1. The summed E-state index contributed by atoms with van der Waals surface area (Å²) in [7, 11) is 3.13. The van der Waals surface area contributed by atoms with E-state index < -0.39 is 0 Å². The summed E-state index contributed by atoms with van der Waals surface area (Å²) >= 11 is 0. The fourth-order valence-electron chi connectivity index (χ4n) is 1.80. The van der Waals surface area contributed by atoms with Crippen LogP contribution in [0.2, 0.25) is 0 Å². The fraction of sp³-hybridized carbons (Fsp3) is 0.214. The lowest BCUT2D eigenvalue weighted by molar-refractivity contribution is 0.102. The molecule has 2 rings (SSSR count). The molecule has 0 saturated carbocycles. The molecule has 0 aliphatic heterocycles. The molecule has 5 heteroatoms. The molecule has 1 aromatic heterocycles. The molecule has 0 spiro atoms. The second-order valence-corrected chi connectivity index (χ2v) is 4.04. The number of anilines is 1. The number of aromatic nitrogens is 1. The van der Waals surface area contributed by atoms with Gasteiger partial charge in [-0.3, -0.25) is 4.79 Å². The molecule has 2 aromatic rings. The van der Waals surface area contributed by atoms with E-state index in [2.05, 4.69) is 10.3 Å². The molecule has 0 unspecified atom stereocenters. The van der Waals surface area contributed by atoms with Crippen molar-refractivity contribution < 1.29 is 14.3 Å². The Kier molecular flexibility index (Phi) is 3.75. The molecular weight excluding hydrogens is 244 g/mol. The third kappa shape index (κ3) is 2.70. The first-order valence-corrected chi connectivity index (χ1v) is 5.83. The minimum atomic E-state index is -0.190. The number of amides is 1. The highest BCUT2D eigenvalue weighted by atomic mass is 16.5. The molecule has 0 atom stereocenters. The first kappa shape index (κ1) is 13.0. The van der Waals surface area contributed by atoms with E-state index in [0.717, 1.165) is 5.69 Å². The van der Waals surface area contributed by atoms with Gasteiger partial charge in [-0.05, 0) is 25.1 Å². The monoisotopic (exact) mass is 260 g/mol. The summed E-state index contributed by atoms with van der Waals surface area (Å²) in [6.45, 7) is 1.84. The second-order valence-electron chi connectivity index (χ2n) is 4.04. The Morgan fingerprint density at radius 3 is 2.58 bits per heavy atom. The van der Waals surface area contributed by atoms with Gasteiger partial charge < -0.3 is 19.8 Å². The maximum absolute atomic E-state index is 12.1. The highest BCUT2D eigenvalue weighted by molar-refractivity contribution is 6.05. The van der Waals surface area contributed by atoms with E-state index in [1.807, 2.05) is 6.92 Å². The van der Waals surface area contributed by atoms with Crippen molar-refractivity contribution in [1.82, 2.24) is 4.98 Å². The molecule has 1 heterocycles. The Hall–Kier alpha value is -2.43. The maximum atomic E-state index is 12.1. The fourth-order valence-corrected chi connectivity index (χ4v) is 1.80. The van der Waals surface area contributed by atoms with Crippen molar-refractivity contribution >= 4 is 11.6 Å². The summed E-state index contributed by atoms with van der Waals surface area (Å²) in [6, 6.07) is 6.98. The Balaban J connectivity index is 2.27. The topological polar surface area (TPSA) is 63.4 Å². The smallest absolute Gasteiger partial charge is 0.257 e. The van der Waals surface area contributed by atoms with E-state index in [-0.39, 0.29) is 5.91 Å². The van der Waals surface area contributed by atoms with Crippen LogP contribution in [-0.2, 0) is 0 Å². The van der Waals surface area contributed by atoms with E-state index in [4.69, 9.17) is 9.47 Å². The number of nitrogens with one attached hydrogen (secondary N) is 2. The zero-order valence-electron chi connectivity index (χ0n) is 11.1. The van der Waals surface area contributed by atoms with Crippen LogP contribution in [0.5, 0.6) is 11.5 Å². The number of methoxy groups -OCH3 is 2. The second kappa shape index (κ2) is 5.48. The summed E-state index contributed by atoms with van der Waals surface area (Å²) < 4.78 is 10.4. The molecule has 0 saturated heterocycles. The van der Waals surface area contributed by atoms with Gasteiger partial charge in [0.25, 0.3) is 5.91 Å². The van der Waals surface area contributed by atoms with Gasteiger partial charge in [0.2, 0.25) is 0 Å². The number of carbonyl (C=O) groups is 1. The van der Waals surface area contributed by atoms with Gasteiger partial charge >= 0.3 is 0 Å². The number of H-pyrrole nitrogens is 1. The van der Waals surface area contributed by atoms with E-state index in [1.165, 1.54) is 0 Å². The number of aryl methyl sites for hydroxylation is 1. The maximum Gasteiger partial charge on any atom is 0.257 e. The molecule has 0 fully saturated rings. The molecule has 2 N–H and O–H groups in total. The van der Waals surface area contributed by atoms with Crippen molar-refractivity contribution in [2.75, 3.05) is 19.5 Å². The van der Waals surface area contributed by atoms with Gasteiger partial charge in [0.15, 0.2) is 0 Å². The molecule has 5 nitrogen and oxygen atoms in total. The third-order valence-corrected chi connectivity index (χ3v) is 2.85. The van der Waals surface area contributed by atoms with Crippen molar-refractivity contribution in [3.8, 4) is 11.5 Å². The van der Waals surface area contributed by atoms with Crippen LogP contribution in [0.1, 0.15) is 16.1 Å². The SMILES string of the molecule is COc1ccc(OC)c(NC(=O)c2cc[nH]c2C)c1. The van der Waals surface area contributed by atoms with Crippen LogP contribution in [0.15, 0.2) is 30.5 Å². The van der Waals surface area contributed by atoms with Gasteiger partial charge in [-0.25, -0.2) is 0 Å². The standard InChI is InChI=1S/C14H16N2O3/c1-9-11(6-7-15-9)14(17)16-12-8-10(18-2)4-5-13(12)19-3/h4-8,15H,1-3H3,(H,16,17). The van der Waals surface area contributed by atoms with E-state index in [9.17, 15) is 4.79 Å². The molecule has 1 amide bonds. The number of carbonyl (C=O) groups excluding carboxylic acids is 1. The lowest BCUT2D eigenvalue weighted by atomic mass is 10.2. The predicted molar refractivity (Wildman–Crippen MR) is 73.0 cm³/mol. The zero-order valence-corrected chi connectivity index (χ0v) is 11.1. The van der Waals surface area contributed by atoms with Crippen LogP contribution in [0, 0.1) is 6.92 Å². The highest BCUT2D eigenvalue weighted by Crippen LogP contribution is 2.29. The minimum Gasteiger partial charge on any atom is -0.497 e. The lowest BCUT2D eigenvalue weighted by Gasteiger charge is -2.11. The van der Waals surface area contributed by atoms with Gasteiger partial charge in [-0.1, -0.05) is 0 Å². The Labute approximate surface area is 111 Å². The van der Waals surface area contributed by atoms with Crippen LogP contribution in [0.3, 0.4) is 0 Å². The number of ether oxygens (including phenoxy) is 2. The summed E-state index contributed by atoms with van der Waals surface area (Å²) in [5, 5.41) is 2.82. The Bertz CT molecular complexity index is 590.